The average Bonchev–Trinajstić information content (AvgIpc) is 2.58. The maximum absolute atomic E-state index is 12.4. The molecule has 0 unspecified atom stereocenters. The number of hydrogen-bond acceptors (Lipinski definition) is 5. The number of pyridine rings is 1. The highest BCUT2D eigenvalue weighted by Gasteiger charge is 2.24. The zero-order valence-electron chi connectivity index (χ0n) is 12.9. The third-order valence-corrected chi connectivity index (χ3v) is 3.78. The standard InChI is InChI=1S/C15H17N5O3/c1-19-9-17-12-8-20(7-5-10(12)14(19)21)15(22)18-11-4-3-6-16-13(11)23-2/h3-4,6,9H,5,7-8H2,1-2H3,(H,18,22). The Balaban J connectivity index is 1.77. The molecule has 0 bridgehead atoms. The van der Waals surface area contributed by atoms with Crippen molar-refractivity contribution in [1.82, 2.24) is 19.4 Å². The molecule has 0 radical (unpaired) electrons. The summed E-state index contributed by atoms with van der Waals surface area (Å²) in [5.74, 6) is 0.352. The van der Waals surface area contributed by atoms with E-state index in [9.17, 15) is 9.59 Å². The van der Waals surface area contributed by atoms with E-state index in [1.165, 1.54) is 18.0 Å². The summed E-state index contributed by atoms with van der Waals surface area (Å²) in [4.78, 5) is 34.4. The van der Waals surface area contributed by atoms with Crippen molar-refractivity contribution in [3.63, 3.8) is 0 Å². The van der Waals surface area contributed by atoms with Gasteiger partial charge in [0.1, 0.15) is 5.69 Å². The van der Waals surface area contributed by atoms with Crippen LogP contribution in [0.5, 0.6) is 5.88 Å². The number of hydrogen-bond donors (Lipinski definition) is 1. The normalized spacial score (nSPS) is 13.4. The van der Waals surface area contributed by atoms with Gasteiger partial charge in [0.2, 0.25) is 5.88 Å². The number of carbonyl (C=O) groups is 1. The molecule has 23 heavy (non-hydrogen) atoms. The Morgan fingerprint density at radius 3 is 3.00 bits per heavy atom. The van der Waals surface area contributed by atoms with Gasteiger partial charge in [0.05, 0.1) is 25.7 Å². The molecule has 0 atom stereocenters. The summed E-state index contributed by atoms with van der Waals surface area (Å²) in [6.45, 7) is 0.766. The van der Waals surface area contributed by atoms with Crippen molar-refractivity contribution in [1.29, 1.82) is 0 Å². The first-order chi connectivity index (χ1) is 11.1. The summed E-state index contributed by atoms with van der Waals surface area (Å²) < 4.78 is 6.57. The molecule has 1 N–H and O–H groups in total. The largest absolute Gasteiger partial charge is 0.480 e. The van der Waals surface area contributed by atoms with Gasteiger partial charge < -0.3 is 19.5 Å². The summed E-state index contributed by atoms with van der Waals surface area (Å²) in [6.07, 6.45) is 3.56. The molecule has 2 aromatic heterocycles. The number of nitrogens with zero attached hydrogens (tertiary/aromatic N) is 4. The molecule has 0 saturated heterocycles. The SMILES string of the molecule is COc1ncccc1NC(=O)N1CCc2c(ncn(C)c2=O)C1. The second-order valence-electron chi connectivity index (χ2n) is 5.25. The van der Waals surface area contributed by atoms with Gasteiger partial charge in [-0.2, -0.15) is 0 Å². The number of anilines is 1. The zero-order valence-corrected chi connectivity index (χ0v) is 12.9. The van der Waals surface area contributed by atoms with Gasteiger partial charge in [-0.1, -0.05) is 0 Å². The van der Waals surface area contributed by atoms with Crippen molar-refractivity contribution in [2.24, 2.45) is 7.05 Å². The third-order valence-electron chi connectivity index (χ3n) is 3.78. The highest BCUT2D eigenvalue weighted by atomic mass is 16.5. The van der Waals surface area contributed by atoms with E-state index in [0.717, 1.165) is 0 Å². The molecule has 0 aromatic carbocycles. The summed E-state index contributed by atoms with van der Waals surface area (Å²) >= 11 is 0. The number of ether oxygens (including phenoxy) is 1. The first kappa shape index (κ1) is 15.0. The molecule has 8 nitrogen and oxygen atoms in total. The van der Waals surface area contributed by atoms with Gasteiger partial charge in [-0.3, -0.25) is 4.79 Å². The van der Waals surface area contributed by atoms with E-state index in [4.69, 9.17) is 4.74 Å². The Bertz CT molecular complexity index is 802. The molecular weight excluding hydrogens is 298 g/mol. The van der Waals surface area contributed by atoms with Crippen LogP contribution in [0.4, 0.5) is 10.5 Å². The van der Waals surface area contributed by atoms with E-state index in [-0.39, 0.29) is 11.6 Å². The molecule has 0 fully saturated rings. The molecule has 3 rings (SSSR count). The van der Waals surface area contributed by atoms with Crippen molar-refractivity contribution in [2.45, 2.75) is 13.0 Å². The topological polar surface area (TPSA) is 89.3 Å². The number of fused-ring (bicyclic) bond motifs is 1. The fourth-order valence-electron chi connectivity index (χ4n) is 2.53. The lowest BCUT2D eigenvalue weighted by Crippen LogP contribution is -2.42. The zero-order chi connectivity index (χ0) is 16.4. The summed E-state index contributed by atoms with van der Waals surface area (Å²) in [7, 11) is 3.16. The molecule has 3 heterocycles. The number of nitrogens with one attached hydrogen (secondary N) is 1. The van der Waals surface area contributed by atoms with Crippen molar-refractivity contribution in [2.75, 3.05) is 19.0 Å². The van der Waals surface area contributed by atoms with Crippen LogP contribution < -0.4 is 15.6 Å². The minimum atomic E-state index is -0.274. The van der Waals surface area contributed by atoms with E-state index in [1.807, 2.05) is 0 Å². The number of aromatic nitrogens is 3. The lowest BCUT2D eigenvalue weighted by atomic mass is 10.1. The Labute approximate surface area is 132 Å². The van der Waals surface area contributed by atoms with Crippen LogP contribution >= 0.6 is 0 Å². The molecule has 2 aromatic rings. The number of amides is 2. The van der Waals surface area contributed by atoms with Crippen LogP contribution in [0, 0.1) is 0 Å². The van der Waals surface area contributed by atoms with E-state index >= 15 is 0 Å². The van der Waals surface area contributed by atoms with E-state index in [1.54, 1.807) is 30.3 Å². The fraction of sp³-hybridized carbons (Fsp3) is 0.333. The van der Waals surface area contributed by atoms with Crippen LogP contribution in [0.3, 0.4) is 0 Å². The van der Waals surface area contributed by atoms with E-state index in [0.29, 0.717) is 42.3 Å². The van der Waals surface area contributed by atoms with E-state index < -0.39 is 0 Å². The summed E-state index contributed by atoms with van der Waals surface area (Å²) in [5.41, 5.74) is 1.78. The fourth-order valence-corrected chi connectivity index (χ4v) is 2.53. The minimum Gasteiger partial charge on any atom is -0.480 e. The average molecular weight is 315 g/mol. The lowest BCUT2D eigenvalue weighted by molar-refractivity contribution is 0.205. The van der Waals surface area contributed by atoms with Crippen molar-refractivity contribution < 1.29 is 9.53 Å². The molecular formula is C15H17N5O3. The van der Waals surface area contributed by atoms with Crippen molar-refractivity contribution in [3.8, 4) is 5.88 Å². The maximum atomic E-state index is 12.4. The Hall–Kier alpha value is -2.90. The van der Waals surface area contributed by atoms with Gasteiger partial charge in [-0.05, 0) is 18.6 Å². The minimum absolute atomic E-state index is 0.0519. The first-order valence-corrected chi connectivity index (χ1v) is 7.18. The number of rotatable bonds is 2. The maximum Gasteiger partial charge on any atom is 0.322 e. The monoisotopic (exact) mass is 315 g/mol. The van der Waals surface area contributed by atoms with Crippen LogP contribution in [-0.2, 0) is 20.0 Å². The third kappa shape index (κ3) is 2.87. The quantitative estimate of drug-likeness (QED) is 0.884. The van der Waals surface area contributed by atoms with E-state index in [2.05, 4.69) is 15.3 Å². The molecule has 120 valence electrons. The number of carbonyl (C=O) groups excluding carboxylic acids is 1. The molecule has 2 amide bonds. The van der Waals surface area contributed by atoms with Crippen LogP contribution in [0.15, 0.2) is 29.5 Å². The van der Waals surface area contributed by atoms with Crippen LogP contribution in [-0.4, -0.2) is 39.1 Å². The second kappa shape index (κ2) is 6.07. The van der Waals surface area contributed by atoms with Gasteiger partial charge >= 0.3 is 6.03 Å². The predicted molar refractivity (Wildman–Crippen MR) is 83.4 cm³/mol. The van der Waals surface area contributed by atoms with Crippen LogP contribution in [0.2, 0.25) is 0 Å². The number of urea groups is 1. The van der Waals surface area contributed by atoms with Crippen LogP contribution in [0.1, 0.15) is 11.3 Å². The Morgan fingerprint density at radius 1 is 1.39 bits per heavy atom. The van der Waals surface area contributed by atoms with Gasteiger partial charge in [0.15, 0.2) is 0 Å². The predicted octanol–water partition coefficient (Wildman–Crippen LogP) is 0.774. The number of aryl methyl sites for hydroxylation is 1. The van der Waals surface area contributed by atoms with Crippen molar-refractivity contribution >= 4 is 11.7 Å². The lowest BCUT2D eigenvalue weighted by Gasteiger charge is -2.28. The van der Waals surface area contributed by atoms with Gasteiger partial charge in [0.25, 0.3) is 5.56 Å². The van der Waals surface area contributed by atoms with Gasteiger partial charge in [0, 0.05) is 25.4 Å². The van der Waals surface area contributed by atoms with Gasteiger partial charge in [-0.25, -0.2) is 14.8 Å². The van der Waals surface area contributed by atoms with Crippen molar-refractivity contribution in [3.05, 3.63) is 46.3 Å². The Kier molecular flexibility index (Phi) is 3.96. The molecule has 1 aliphatic rings. The highest BCUT2D eigenvalue weighted by molar-refractivity contribution is 5.90. The smallest absolute Gasteiger partial charge is 0.322 e. The van der Waals surface area contributed by atoms with Gasteiger partial charge in [-0.15, -0.1) is 0 Å². The molecule has 8 heteroatoms. The second-order valence-corrected chi connectivity index (χ2v) is 5.25. The Morgan fingerprint density at radius 2 is 2.22 bits per heavy atom. The summed E-state index contributed by atoms with van der Waals surface area (Å²) in [5, 5.41) is 2.78. The molecule has 0 saturated carbocycles. The molecule has 0 aliphatic carbocycles. The first-order valence-electron chi connectivity index (χ1n) is 7.18. The molecule has 1 aliphatic heterocycles. The number of methoxy groups -OCH3 is 1. The molecule has 0 spiro atoms. The highest BCUT2D eigenvalue weighted by Crippen LogP contribution is 2.21. The van der Waals surface area contributed by atoms with Crippen LogP contribution in [0.25, 0.3) is 0 Å². The summed E-state index contributed by atoms with van der Waals surface area (Å²) in [6, 6.07) is 3.16.